The Morgan fingerprint density at radius 1 is 1.36 bits per heavy atom. The number of nitrogens with one attached hydrogen (secondary N) is 2. The van der Waals surface area contributed by atoms with Gasteiger partial charge >= 0.3 is 0 Å². The van der Waals surface area contributed by atoms with E-state index in [0.29, 0.717) is 12.0 Å². The van der Waals surface area contributed by atoms with Crippen molar-refractivity contribution in [2.45, 2.75) is 26.8 Å². The number of rotatable bonds is 4. The molecular formula is C16H23ClN4O. The second kappa shape index (κ2) is 6.67. The van der Waals surface area contributed by atoms with E-state index in [4.69, 9.17) is 0 Å². The molecule has 1 fully saturated rings. The van der Waals surface area contributed by atoms with Crippen molar-refractivity contribution >= 4 is 34.9 Å². The smallest absolute Gasteiger partial charge is 0.227 e. The first kappa shape index (κ1) is 16.8. The molecule has 1 amide bonds. The maximum atomic E-state index is 12.3. The van der Waals surface area contributed by atoms with E-state index < -0.39 is 0 Å². The molecule has 0 spiro atoms. The zero-order chi connectivity index (χ0) is 15.0. The lowest BCUT2D eigenvalue weighted by molar-refractivity contribution is -0.121. The molecule has 1 atom stereocenters. The molecule has 1 saturated heterocycles. The summed E-state index contributed by atoms with van der Waals surface area (Å²) >= 11 is 0. The van der Waals surface area contributed by atoms with Crippen LogP contribution in [0, 0.1) is 11.8 Å². The molecule has 5 nitrogen and oxygen atoms in total. The van der Waals surface area contributed by atoms with Crippen LogP contribution in [0.4, 0.5) is 5.69 Å². The number of halogens is 1. The van der Waals surface area contributed by atoms with Gasteiger partial charge in [0.25, 0.3) is 0 Å². The first-order valence-electron chi connectivity index (χ1n) is 7.55. The molecule has 2 aromatic rings. The molecule has 0 aliphatic carbocycles. The Hall–Kier alpha value is -1.59. The van der Waals surface area contributed by atoms with Crippen molar-refractivity contribution in [1.29, 1.82) is 0 Å². The largest absolute Gasteiger partial charge is 0.326 e. The number of carbonyl (C=O) groups excluding carboxylic acids is 1. The van der Waals surface area contributed by atoms with Crippen LogP contribution in [-0.4, -0.2) is 28.8 Å². The molecule has 120 valence electrons. The summed E-state index contributed by atoms with van der Waals surface area (Å²) in [5, 5.41) is 11.7. The third kappa shape index (κ3) is 3.10. The monoisotopic (exact) mass is 322 g/mol. The normalized spacial score (nSPS) is 16.2. The lowest BCUT2D eigenvalue weighted by atomic mass is 9.88. The molecule has 2 heterocycles. The summed E-state index contributed by atoms with van der Waals surface area (Å²) in [6.07, 6.45) is 1.86. The van der Waals surface area contributed by atoms with Gasteiger partial charge in [-0.25, -0.2) is 0 Å². The number of fused-ring (bicyclic) bond motifs is 1. The van der Waals surface area contributed by atoms with Gasteiger partial charge in [0.1, 0.15) is 0 Å². The highest BCUT2D eigenvalue weighted by atomic mass is 35.5. The predicted octanol–water partition coefficient (Wildman–Crippen LogP) is 2.83. The van der Waals surface area contributed by atoms with Crippen LogP contribution in [0.25, 0.3) is 10.9 Å². The van der Waals surface area contributed by atoms with Crippen molar-refractivity contribution in [1.82, 2.24) is 15.1 Å². The average Bonchev–Trinajstić information content (AvgIpc) is 2.79. The highest BCUT2D eigenvalue weighted by molar-refractivity contribution is 5.95. The van der Waals surface area contributed by atoms with Gasteiger partial charge < -0.3 is 10.6 Å². The molecule has 3 rings (SSSR count). The molecular weight excluding hydrogens is 300 g/mol. The van der Waals surface area contributed by atoms with E-state index in [0.717, 1.165) is 29.7 Å². The molecule has 1 aromatic heterocycles. The van der Waals surface area contributed by atoms with Crippen molar-refractivity contribution in [2.24, 2.45) is 11.8 Å². The quantitative estimate of drug-likeness (QED) is 0.910. The van der Waals surface area contributed by atoms with Gasteiger partial charge in [0, 0.05) is 23.0 Å². The Morgan fingerprint density at radius 2 is 2.09 bits per heavy atom. The van der Waals surface area contributed by atoms with Crippen molar-refractivity contribution in [3.05, 3.63) is 24.4 Å². The van der Waals surface area contributed by atoms with Gasteiger partial charge in [0.2, 0.25) is 5.91 Å². The topological polar surface area (TPSA) is 59.0 Å². The van der Waals surface area contributed by atoms with E-state index in [1.807, 2.05) is 36.0 Å². The van der Waals surface area contributed by atoms with Gasteiger partial charge in [0.15, 0.2) is 0 Å². The molecule has 0 saturated carbocycles. The number of anilines is 1. The molecule has 6 heteroatoms. The molecule has 1 aliphatic heterocycles. The van der Waals surface area contributed by atoms with Crippen molar-refractivity contribution in [2.75, 3.05) is 18.4 Å². The van der Waals surface area contributed by atoms with Crippen LogP contribution in [0.3, 0.4) is 0 Å². The highest BCUT2D eigenvalue weighted by Crippen LogP contribution is 2.23. The minimum Gasteiger partial charge on any atom is -0.326 e. The second-order valence-corrected chi connectivity index (χ2v) is 6.15. The maximum absolute atomic E-state index is 12.3. The number of hydrogen-bond donors (Lipinski definition) is 2. The zero-order valence-electron chi connectivity index (χ0n) is 13.2. The first-order valence-corrected chi connectivity index (χ1v) is 7.55. The molecule has 1 unspecified atom stereocenters. The number of nitrogens with zero attached hydrogens (tertiary/aromatic N) is 2. The minimum absolute atomic E-state index is 0. The predicted molar refractivity (Wildman–Crippen MR) is 91.5 cm³/mol. The van der Waals surface area contributed by atoms with E-state index in [1.165, 1.54) is 0 Å². The maximum Gasteiger partial charge on any atom is 0.227 e. The molecule has 1 aliphatic rings. The van der Waals surface area contributed by atoms with E-state index in [9.17, 15) is 4.79 Å². The Labute approximate surface area is 136 Å². The highest BCUT2D eigenvalue weighted by Gasteiger charge is 2.28. The summed E-state index contributed by atoms with van der Waals surface area (Å²) < 4.78 is 1.98. The third-order valence-corrected chi connectivity index (χ3v) is 4.29. The molecule has 0 radical (unpaired) electrons. The summed E-state index contributed by atoms with van der Waals surface area (Å²) in [6.45, 7) is 8.08. The van der Waals surface area contributed by atoms with Gasteiger partial charge in [-0.3, -0.25) is 9.48 Å². The Kier molecular flexibility index (Phi) is 5.08. The van der Waals surface area contributed by atoms with Crippen LogP contribution in [0.15, 0.2) is 24.4 Å². The number of carbonyl (C=O) groups is 1. The van der Waals surface area contributed by atoms with Crippen LogP contribution < -0.4 is 10.6 Å². The van der Waals surface area contributed by atoms with Gasteiger partial charge in [-0.2, -0.15) is 5.10 Å². The summed E-state index contributed by atoms with van der Waals surface area (Å²) in [7, 11) is 0. The van der Waals surface area contributed by atoms with E-state index in [1.54, 1.807) is 0 Å². The third-order valence-electron chi connectivity index (χ3n) is 4.29. The fourth-order valence-corrected chi connectivity index (χ4v) is 2.66. The van der Waals surface area contributed by atoms with Crippen LogP contribution in [0.5, 0.6) is 0 Å². The molecule has 1 aromatic carbocycles. The Bertz CT molecular complexity index is 663. The Morgan fingerprint density at radius 3 is 2.68 bits per heavy atom. The summed E-state index contributed by atoms with van der Waals surface area (Å²) in [6, 6.07) is 6.25. The van der Waals surface area contributed by atoms with E-state index in [-0.39, 0.29) is 24.2 Å². The number of benzene rings is 1. The van der Waals surface area contributed by atoms with Crippen LogP contribution in [-0.2, 0) is 4.79 Å². The van der Waals surface area contributed by atoms with Crippen LogP contribution in [0.2, 0.25) is 0 Å². The summed E-state index contributed by atoms with van der Waals surface area (Å²) in [5.74, 6) is 0.586. The minimum atomic E-state index is 0. The summed E-state index contributed by atoms with van der Waals surface area (Å²) in [4.78, 5) is 12.3. The van der Waals surface area contributed by atoms with Crippen LogP contribution >= 0.6 is 12.4 Å². The SMILES string of the molecule is CC(C(=O)Nc1ccc2cnn(C(C)C)c2c1)C1CNC1.Cl. The lowest BCUT2D eigenvalue weighted by Gasteiger charge is -2.31. The lowest BCUT2D eigenvalue weighted by Crippen LogP contribution is -2.48. The van der Waals surface area contributed by atoms with Gasteiger partial charge in [-0.05, 0) is 51.1 Å². The number of aromatic nitrogens is 2. The fourth-order valence-electron chi connectivity index (χ4n) is 2.66. The van der Waals surface area contributed by atoms with Gasteiger partial charge in [-0.1, -0.05) is 6.92 Å². The second-order valence-electron chi connectivity index (χ2n) is 6.15. The Balaban J connectivity index is 0.00000176. The average molecular weight is 323 g/mol. The standard InChI is InChI=1S/C16H22N4O.ClH/c1-10(2)20-15-6-14(5-4-12(15)9-18-20)19-16(21)11(3)13-7-17-8-13;/h4-6,9-11,13,17H,7-8H2,1-3H3,(H,19,21);1H. The molecule has 2 N–H and O–H groups in total. The van der Waals surface area contributed by atoms with E-state index >= 15 is 0 Å². The van der Waals surface area contributed by atoms with Crippen molar-refractivity contribution < 1.29 is 4.79 Å². The van der Waals surface area contributed by atoms with Gasteiger partial charge in [-0.15, -0.1) is 12.4 Å². The van der Waals surface area contributed by atoms with E-state index in [2.05, 4.69) is 29.6 Å². The fraction of sp³-hybridized carbons (Fsp3) is 0.500. The zero-order valence-corrected chi connectivity index (χ0v) is 14.0. The summed E-state index contributed by atoms with van der Waals surface area (Å²) in [5.41, 5.74) is 1.90. The molecule has 0 bridgehead atoms. The van der Waals surface area contributed by atoms with Crippen LogP contribution in [0.1, 0.15) is 26.8 Å². The molecule has 22 heavy (non-hydrogen) atoms. The number of amides is 1. The van der Waals surface area contributed by atoms with Crippen molar-refractivity contribution in [3.63, 3.8) is 0 Å². The first-order chi connectivity index (χ1) is 10.1. The number of hydrogen-bond acceptors (Lipinski definition) is 3. The van der Waals surface area contributed by atoms with Crippen molar-refractivity contribution in [3.8, 4) is 0 Å². The van der Waals surface area contributed by atoms with Gasteiger partial charge in [0.05, 0.1) is 11.7 Å².